The Morgan fingerprint density at radius 1 is 1.54 bits per heavy atom. The van der Waals surface area contributed by atoms with Crippen LogP contribution >= 0.6 is 11.3 Å². The van der Waals surface area contributed by atoms with E-state index in [0.717, 1.165) is 0 Å². The van der Waals surface area contributed by atoms with Crippen molar-refractivity contribution in [3.8, 4) is 0 Å². The van der Waals surface area contributed by atoms with Crippen LogP contribution in [0.2, 0.25) is 0 Å². The van der Waals surface area contributed by atoms with E-state index in [1.54, 1.807) is 0 Å². The molecule has 1 heterocycles. The van der Waals surface area contributed by atoms with Gasteiger partial charge in [0.25, 0.3) is 0 Å². The van der Waals surface area contributed by atoms with Crippen molar-refractivity contribution in [3.05, 3.63) is 5.01 Å². The summed E-state index contributed by atoms with van der Waals surface area (Å²) in [4.78, 5) is 0. The Labute approximate surface area is 78.8 Å². The average molecular weight is 203 g/mol. The van der Waals surface area contributed by atoms with E-state index in [4.69, 9.17) is 5.11 Å². The van der Waals surface area contributed by atoms with Crippen molar-refractivity contribution in [2.24, 2.45) is 0 Å². The topological polar surface area (TPSA) is 58.0 Å². The van der Waals surface area contributed by atoms with Gasteiger partial charge in [-0.1, -0.05) is 11.3 Å². The minimum atomic E-state index is -1.02. The third kappa shape index (κ3) is 2.13. The van der Waals surface area contributed by atoms with Crippen LogP contribution in [0, 0.1) is 0 Å². The number of hydrogen-bond acceptors (Lipinski definition) is 5. The van der Waals surface area contributed by atoms with Gasteiger partial charge in [-0.05, 0) is 12.8 Å². The lowest BCUT2D eigenvalue weighted by Gasteiger charge is -2.03. The summed E-state index contributed by atoms with van der Waals surface area (Å²) in [6.07, 6.45) is 1.26. The zero-order valence-corrected chi connectivity index (χ0v) is 7.77. The van der Waals surface area contributed by atoms with E-state index in [-0.39, 0.29) is 6.61 Å². The SMILES string of the molecule is OCc1nnc(NCC2(F)CC2)s1. The molecule has 0 atom stereocenters. The summed E-state index contributed by atoms with van der Waals surface area (Å²) < 4.78 is 13.1. The molecule has 4 nitrogen and oxygen atoms in total. The predicted molar refractivity (Wildman–Crippen MR) is 47.4 cm³/mol. The number of halogens is 1. The molecular formula is C7H10FN3OS. The molecule has 0 amide bonds. The number of aliphatic hydroxyl groups excluding tert-OH is 1. The van der Waals surface area contributed by atoms with Crippen molar-refractivity contribution in [1.82, 2.24) is 10.2 Å². The van der Waals surface area contributed by atoms with Crippen LogP contribution in [0.4, 0.5) is 9.52 Å². The lowest BCUT2D eigenvalue weighted by atomic mass is 10.4. The second-order valence-electron chi connectivity index (χ2n) is 3.16. The third-order valence-corrected chi connectivity index (χ3v) is 2.82. The highest BCUT2D eigenvalue weighted by atomic mass is 32.1. The van der Waals surface area contributed by atoms with Gasteiger partial charge in [-0.15, -0.1) is 10.2 Å². The Morgan fingerprint density at radius 3 is 2.85 bits per heavy atom. The molecule has 0 spiro atoms. The molecular weight excluding hydrogens is 193 g/mol. The van der Waals surface area contributed by atoms with Gasteiger partial charge >= 0.3 is 0 Å². The number of aromatic nitrogens is 2. The van der Waals surface area contributed by atoms with Gasteiger partial charge in [0.1, 0.15) is 10.7 Å². The highest BCUT2D eigenvalue weighted by Gasteiger charge is 2.42. The van der Waals surface area contributed by atoms with Gasteiger partial charge in [-0.3, -0.25) is 0 Å². The van der Waals surface area contributed by atoms with Crippen LogP contribution in [0.1, 0.15) is 17.8 Å². The minimum absolute atomic E-state index is 0.111. The van der Waals surface area contributed by atoms with E-state index in [0.29, 0.717) is 29.5 Å². The van der Waals surface area contributed by atoms with E-state index in [1.807, 2.05) is 0 Å². The van der Waals surface area contributed by atoms with Crippen molar-refractivity contribution < 1.29 is 9.50 Å². The fourth-order valence-electron chi connectivity index (χ4n) is 0.935. The fraction of sp³-hybridized carbons (Fsp3) is 0.714. The van der Waals surface area contributed by atoms with Crippen LogP contribution in [0.15, 0.2) is 0 Å². The fourth-order valence-corrected chi connectivity index (χ4v) is 1.53. The molecule has 1 aromatic heterocycles. The monoisotopic (exact) mass is 203 g/mol. The summed E-state index contributed by atoms with van der Waals surface area (Å²) in [7, 11) is 0. The zero-order valence-electron chi connectivity index (χ0n) is 6.96. The summed E-state index contributed by atoms with van der Waals surface area (Å²) in [6.45, 7) is 0.188. The Bertz CT molecular complexity index is 300. The number of aliphatic hydroxyl groups is 1. The molecule has 1 fully saturated rings. The lowest BCUT2D eigenvalue weighted by molar-refractivity contribution is 0.280. The van der Waals surface area contributed by atoms with Crippen molar-refractivity contribution >= 4 is 16.5 Å². The maximum atomic E-state index is 13.1. The Hall–Kier alpha value is -0.750. The average Bonchev–Trinajstić information content (AvgIpc) is 2.69. The summed E-state index contributed by atoms with van der Waals surface area (Å²) in [5.41, 5.74) is -1.02. The van der Waals surface area contributed by atoms with Crippen LogP contribution in [-0.4, -0.2) is 27.5 Å². The van der Waals surface area contributed by atoms with Crippen molar-refractivity contribution in [3.63, 3.8) is 0 Å². The number of nitrogens with one attached hydrogen (secondary N) is 1. The third-order valence-electron chi connectivity index (χ3n) is 1.95. The Morgan fingerprint density at radius 2 is 2.31 bits per heavy atom. The predicted octanol–water partition coefficient (Wildman–Crippen LogP) is 0.944. The van der Waals surface area contributed by atoms with Crippen molar-refractivity contribution in [2.75, 3.05) is 11.9 Å². The quantitative estimate of drug-likeness (QED) is 0.764. The van der Waals surface area contributed by atoms with Gasteiger partial charge in [0.2, 0.25) is 5.13 Å². The summed E-state index contributed by atoms with van der Waals surface area (Å²) in [5, 5.41) is 20.1. The molecule has 2 rings (SSSR count). The van der Waals surface area contributed by atoms with E-state index < -0.39 is 5.67 Å². The van der Waals surface area contributed by atoms with Crippen LogP contribution in [0.3, 0.4) is 0 Å². The molecule has 13 heavy (non-hydrogen) atoms. The first-order valence-corrected chi connectivity index (χ1v) is 4.89. The number of hydrogen-bond donors (Lipinski definition) is 2. The Kier molecular flexibility index (Phi) is 2.17. The first-order chi connectivity index (χ1) is 6.22. The van der Waals surface area contributed by atoms with E-state index in [2.05, 4.69) is 15.5 Å². The van der Waals surface area contributed by atoms with Crippen LogP contribution in [0.25, 0.3) is 0 Å². The molecule has 0 saturated heterocycles. The normalized spacial score (nSPS) is 18.6. The number of alkyl halides is 1. The first-order valence-electron chi connectivity index (χ1n) is 4.08. The molecule has 1 saturated carbocycles. The molecule has 1 aliphatic carbocycles. The van der Waals surface area contributed by atoms with Gasteiger partial charge in [-0.2, -0.15) is 0 Å². The van der Waals surface area contributed by atoms with Crippen molar-refractivity contribution in [2.45, 2.75) is 25.1 Å². The van der Waals surface area contributed by atoms with Crippen LogP contribution < -0.4 is 5.32 Å². The maximum absolute atomic E-state index is 13.1. The highest BCUT2D eigenvalue weighted by molar-refractivity contribution is 7.15. The van der Waals surface area contributed by atoms with Crippen LogP contribution in [0.5, 0.6) is 0 Å². The molecule has 0 unspecified atom stereocenters. The standard InChI is InChI=1S/C7H10FN3OS/c8-7(1-2-7)4-9-6-11-10-5(3-12)13-6/h12H,1-4H2,(H,9,11). The second-order valence-corrected chi connectivity index (χ2v) is 4.23. The summed E-state index contributed by atoms with van der Waals surface area (Å²) >= 11 is 1.25. The zero-order chi connectivity index (χ0) is 9.31. The van der Waals surface area contributed by atoms with E-state index in [9.17, 15) is 4.39 Å². The second kappa shape index (κ2) is 3.19. The van der Waals surface area contributed by atoms with E-state index in [1.165, 1.54) is 11.3 Å². The number of rotatable bonds is 4. The molecule has 72 valence electrons. The van der Waals surface area contributed by atoms with Gasteiger partial charge in [0.15, 0.2) is 0 Å². The molecule has 0 bridgehead atoms. The van der Waals surface area contributed by atoms with Gasteiger partial charge in [0.05, 0.1) is 13.2 Å². The molecule has 0 aromatic carbocycles. The molecule has 0 radical (unpaired) electrons. The van der Waals surface area contributed by atoms with Crippen LogP contribution in [-0.2, 0) is 6.61 Å². The number of anilines is 1. The Balaban J connectivity index is 1.87. The maximum Gasteiger partial charge on any atom is 0.205 e. The molecule has 1 aromatic rings. The number of nitrogens with zero attached hydrogens (tertiary/aromatic N) is 2. The largest absolute Gasteiger partial charge is 0.389 e. The highest BCUT2D eigenvalue weighted by Crippen LogP contribution is 2.39. The smallest absolute Gasteiger partial charge is 0.205 e. The van der Waals surface area contributed by atoms with Gasteiger partial charge < -0.3 is 10.4 Å². The molecule has 6 heteroatoms. The van der Waals surface area contributed by atoms with Gasteiger partial charge in [0, 0.05) is 0 Å². The molecule has 0 aliphatic heterocycles. The van der Waals surface area contributed by atoms with Gasteiger partial charge in [-0.25, -0.2) is 4.39 Å². The minimum Gasteiger partial charge on any atom is -0.389 e. The van der Waals surface area contributed by atoms with Crippen molar-refractivity contribution in [1.29, 1.82) is 0 Å². The van der Waals surface area contributed by atoms with E-state index >= 15 is 0 Å². The molecule has 1 aliphatic rings. The summed E-state index contributed by atoms with van der Waals surface area (Å²) in [5.74, 6) is 0. The molecule has 2 N–H and O–H groups in total. The lowest BCUT2D eigenvalue weighted by Crippen LogP contribution is -2.15. The summed E-state index contributed by atoms with van der Waals surface area (Å²) in [6, 6.07) is 0. The first kappa shape index (κ1) is 8.83.